The molecule has 2 aromatic carbocycles. The summed E-state index contributed by atoms with van der Waals surface area (Å²) >= 11 is 0. The van der Waals surface area contributed by atoms with Crippen LogP contribution in [-0.2, 0) is 0 Å². The second kappa shape index (κ2) is 6.05. The lowest BCUT2D eigenvalue weighted by Gasteiger charge is -2.05. The van der Waals surface area contributed by atoms with Gasteiger partial charge in [-0.15, -0.1) is 0 Å². The number of aromatic carboxylic acids is 1. The van der Waals surface area contributed by atoms with Crippen molar-refractivity contribution in [2.75, 3.05) is 0 Å². The summed E-state index contributed by atoms with van der Waals surface area (Å²) in [6, 6.07) is 15.1. The van der Waals surface area contributed by atoms with E-state index in [0.29, 0.717) is 16.6 Å². The van der Waals surface area contributed by atoms with Crippen molar-refractivity contribution in [2.45, 2.75) is 13.8 Å². The van der Waals surface area contributed by atoms with Crippen LogP contribution in [0.25, 0.3) is 23.1 Å². The SMILES string of the molecule is Cc1ccc(/C=C/c2cc(C(=O)O)c3ccccc3n2)c(C)c1. The molecule has 0 unspecified atom stereocenters. The molecule has 0 saturated heterocycles. The number of aromatic nitrogens is 1. The molecule has 3 nitrogen and oxygen atoms in total. The highest BCUT2D eigenvalue weighted by molar-refractivity contribution is 6.03. The Labute approximate surface area is 134 Å². The molecule has 3 aromatic rings. The summed E-state index contributed by atoms with van der Waals surface area (Å²) in [5, 5.41) is 10.1. The first-order chi connectivity index (χ1) is 11.0. The van der Waals surface area contributed by atoms with Crippen LogP contribution in [-0.4, -0.2) is 16.1 Å². The van der Waals surface area contributed by atoms with E-state index >= 15 is 0 Å². The first-order valence-electron chi connectivity index (χ1n) is 7.43. The van der Waals surface area contributed by atoms with E-state index in [4.69, 9.17) is 0 Å². The highest BCUT2D eigenvalue weighted by atomic mass is 16.4. The van der Waals surface area contributed by atoms with Crippen molar-refractivity contribution in [2.24, 2.45) is 0 Å². The Hall–Kier alpha value is -2.94. The number of pyridine rings is 1. The van der Waals surface area contributed by atoms with Crippen LogP contribution < -0.4 is 0 Å². The fourth-order valence-electron chi connectivity index (χ4n) is 2.65. The zero-order valence-electron chi connectivity index (χ0n) is 13.1. The Morgan fingerprint density at radius 2 is 1.83 bits per heavy atom. The number of benzene rings is 2. The third kappa shape index (κ3) is 3.14. The number of rotatable bonds is 3. The van der Waals surface area contributed by atoms with E-state index in [2.05, 4.69) is 37.0 Å². The van der Waals surface area contributed by atoms with Crippen LogP contribution in [0, 0.1) is 13.8 Å². The van der Waals surface area contributed by atoms with Crippen molar-refractivity contribution in [3.05, 3.63) is 76.5 Å². The van der Waals surface area contributed by atoms with Gasteiger partial charge in [0.05, 0.1) is 16.8 Å². The van der Waals surface area contributed by atoms with Crippen LogP contribution in [0.1, 0.15) is 32.7 Å². The maximum Gasteiger partial charge on any atom is 0.336 e. The number of fused-ring (bicyclic) bond motifs is 1. The van der Waals surface area contributed by atoms with E-state index in [9.17, 15) is 9.90 Å². The van der Waals surface area contributed by atoms with Gasteiger partial charge in [0.25, 0.3) is 0 Å². The zero-order valence-corrected chi connectivity index (χ0v) is 13.1. The molecule has 3 heteroatoms. The summed E-state index contributed by atoms with van der Waals surface area (Å²) in [5.74, 6) is -0.940. The van der Waals surface area contributed by atoms with E-state index in [1.54, 1.807) is 12.1 Å². The molecule has 1 heterocycles. The van der Waals surface area contributed by atoms with Crippen molar-refractivity contribution < 1.29 is 9.90 Å². The molecular formula is C20H17NO2. The van der Waals surface area contributed by atoms with E-state index in [0.717, 1.165) is 5.56 Å². The van der Waals surface area contributed by atoms with Gasteiger partial charge in [0, 0.05) is 5.39 Å². The molecule has 1 aromatic heterocycles. The molecular weight excluding hydrogens is 286 g/mol. The molecule has 0 aliphatic rings. The van der Waals surface area contributed by atoms with Crippen LogP contribution in [0.4, 0.5) is 0 Å². The minimum Gasteiger partial charge on any atom is -0.478 e. The van der Waals surface area contributed by atoms with Gasteiger partial charge in [-0.05, 0) is 43.2 Å². The lowest BCUT2D eigenvalue weighted by Crippen LogP contribution is -2.00. The molecule has 0 spiro atoms. The molecule has 0 aliphatic heterocycles. The summed E-state index contributed by atoms with van der Waals surface area (Å²) in [6.07, 6.45) is 3.83. The maximum atomic E-state index is 11.5. The third-order valence-electron chi connectivity index (χ3n) is 3.83. The smallest absolute Gasteiger partial charge is 0.336 e. The largest absolute Gasteiger partial charge is 0.478 e. The normalized spacial score (nSPS) is 11.2. The van der Waals surface area contributed by atoms with Gasteiger partial charge in [0.2, 0.25) is 0 Å². The fraction of sp³-hybridized carbons (Fsp3) is 0.100. The van der Waals surface area contributed by atoms with Gasteiger partial charge >= 0.3 is 5.97 Å². The number of nitrogens with zero attached hydrogens (tertiary/aromatic N) is 1. The van der Waals surface area contributed by atoms with E-state index in [1.807, 2.05) is 30.4 Å². The first kappa shape index (κ1) is 15.0. The van der Waals surface area contributed by atoms with E-state index < -0.39 is 5.97 Å². The van der Waals surface area contributed by atoms with Crippen LogP contribution in [0.15, 0.2) is 48.5 Å². The van der Waals surface area contributed by atoms with Crippen molar-refractivity contribution >= 4 is 29.0 Å². The molecule has 0 atom stereocenters. The Morgan fingerprint density at radius 1 is 1.04 bits per heavy atom. The van der Waals surface area contributed by atoms with Crippen LogP contribution >= 0.6 is 0 Å². The van der Waals surface area contributed by atoms with Crippen molar-refractivity contribution in [1.29, 1.82) is 0 Å². The van der Waals surface area contributed by atoms with Crippen molar-refractivity contribution in [1.82, 2.24) is 4.98 Å². The average molecular weight is 303 g/mol. The van der Waals surface area contributed by atoms with Gasteiger partial charge in [-0.1, -0.05) is 48.0 Å². The number of carboxylic acid groups (broad SMARTS) is 1. The van der Waals surface area contributed by atoms with Crippen LogP contribution in [0.2, 0.25) is 0 Å². The lowest BCUT2D eigenvalue weighted by atomic mass is 10.0. The Morgan fingerprint density at radius 3 is 2.57 bits per heavy atom. The van der Waals surface area contributed by atoms with Gasteiger partial charge in [0.1, 0.15) is 0 Å². The lowest BCUT2D eigenvalue weighted by molar-refractivity contribution is 0.0699. The molecule has 0 radical (unpaired) electrons. The van der Waals surface area contributed by atoms with E-state index in [-0.39, 0.29) is 5.56 Å². The molecule has 114 valence electrons. The fourth-order valence-corrected chi connectivity index (χ4v) is 2.65. The summed E-state index contributed by atoms with van der Waals surface area (Å²) in [6.45, 7) is 4.12. The minimum atomic E-state index is -0.940. The highest BCUT2D eigenvalue weighted by Gasteiger charge is 2.10. The van der Waals surface area contributed by atoms with Gasteiger partial charge in [0.15, 0.2) is 0 Å². The Kier molecular flexibility index (Phi) is 3.94. The first-order valence-corrected chi connectivity index (χ1v) is 7.43. The molecule has 0 bridgehead atoms. The third-order valence-corrected chi connectivity index (χ3v) is 3.83. The maximum absolute atomic E-state index is 11.5. The highest BCUT2D eigenvalue weighted by Crippen LogP contribution is 2.20. The summed E-state index contributed by atoms with van der Waals surface area (Å²) in [4.78, 5) is 16.0. The second-order valence-corrected chi connectivity index (χ2v) is 5.61. The average Bonchev–Trinajstić information content (AvgIpc) is 2.53. The molecule has 1 N–H and O–H groups in total. The topological polar surface area (TPSA) is 50.2 Å². The molecule has 23 heavy (non-hydrogen) atoms. The van der Waals surface area contributed by atoms with E-state index in [1.165, 1.54) is 11.1 Å². The monoisotopic (exact) mass is 303 g/mol. The van der Waals surface area contributed by atoms with Crippen LogP contribution in [0.3, 0.4) is 0 Å². The second-order valence-electron chi connectivity index (χ2n) is 5.61. The molecule has 0 aliphatic carbocycles. The van der Waals surface area contributed by atoms with Gasteiger partial charge < -0.3 is 5.11 Å². The number of carbonyl (C=O) groups is 1. The van der Waals surface area contributed by atoms with Crippen LogP contribution in [0.5, 0.6) is 0 Å². The van der Waals surface area contributed by atoms with Gasteiger partial charge in [-0.25, -0.2) is 9.78 Å². The minimum absolute atomic E-state index is 0.274. The predicted octanol–water partition coefficient (Wildman–Crippen LogP) is 4.72. The number of aryl methyl sites for hydroxylation is 2. The molecule has 0 fully saturated rings. The van der Waals surface area contributed by atoms with Crippen molar-refractivity contribution in [3.8, 4) is 0 Å². The van der Waals surface area contributed by atoms with Gasteiger partial charge in [-0.3, -0.25) is 0 Å². The number of para-hydroxylation sites is 1. The number of hydrogen-bond donors (Lipinski definition) is 1. The molecule has 0 saturated carbocycles. The number of hydrogen-bond acceptors (Lipinski definition) is 2. The number of carboxylic acids is 1. The van der Waals surface area contributed by atoms with Crippen molar-refractivity contribution in [3.63, 3.8) is 0 Å². The quantitative estimate of drug-likeness (QED) is 0.761. The molecule has 0 amide bonds. The van der Waals surface area contributed by atoms with Gasteiger partial charge in [-0.2, -0.15) is 0 Å². The summed E-state index contributed by atoms with van der Waals surface area (Å²) < 4.78 is 0. The summed E-state index contributed by atoms with van der Waals surface area (Å²) in [5.41, 5.74) is 5.10. The zero-order chi connectivity index (χ0) is 16.4. The standard InChI is InChI=1S/C20H17NO2/c1-13-7-8-15(14(2)11-13)9-10-16-12-18(20(22)23)17-5-3-4-6-19(17)21-16/h3-12H,1-2H3,(H,22,23)/b10-9+. The Balaban J connectivity index is 2.06. The summed E-state index contributed by atoms with van der Waals surface area (Å²) in [7, 11) is 0. The molecule has 3 rings (SSSR count). The predicted molar refractivity (Wildman–Crippen MR) is 93.5 cm³/mol. The Bertz CT molecular complexity index is 926.